The van der Waals surface area contributed by atoms with E-state index in [2.05, 4.69) is 10.6 Å². The first-order valence-corrected chi connectivity index (χ1v) is 14.3. The summed E-state index contributed by atoms with van der Waals surface area (Å²) in [4.78, 5) is 38.6. The molecule has 7 rings (SSSR count). The summed E-state index contributed by atoms with van der Waals surface area (Å²) in [5, 5.41) is 9.21. The third-order valence-corrected chi connectivity index (χ3v) is 9.22. The highest BCUT2D eigenvalue weighted by Crippen LogP contribution is 2.38. The standard InChI is InChI=1S/C28H27ClN6O3S/c1-15-31-23-9-20(26-33-24-11-30-12-25(24)39-26)22(32-18-6-7-34-19(8-18)14-38-28(34)37)10-21(23)27(36)35(15)13-16-2-4-17(29)5-3-16/h2-5,9-10,18-19,30,32H,6-8,11-14H2,1H3/t18-,19-/m0/s1. The zero-order chi connectivity index (χ0) is 26.7. The van der Waals surface area contributed by atoms with Crippen molar-refractivity contribution >= 4 is 45.6 Å². The lowest BCUT2D eigenvalue weighted by Gasteiger charge is -2.33. The molecule has 0 radical (unpaired) electrons. The van der Waals surface area contributed by atoms with Gasteiger partial charge in [0.1, 0.15) is 17.4 Å². The summed E-state index contributed by atoms with van der Waals surface area (Å²) in [6.07, 6.45) is 1.36. The summed E-state index contributed by atoms with van der Waals surface area (Å²) >= 11 is 7.74. The molecule has 3 aliphatic heterocycles. The van der Waals surface area contributed by atoms with Crippen LogP contribution in [0.4, 0.5) is 10.5 Å². The maximum absolute atomic E-state index is 13.8. The number of anilines is 1. The molecular weight excluding hydrogens is 536 g/mol. The van der Waals surface area contributed by atoms with Gasteiger partial charge in [-0.1, -0.05) is 23.7 Å². The van der Waals surface area contributed by atoms with Crippen LogP contribution >= 0.6 is 22.9 Å². The summed E-state index contributed by atoms with van der Waals surface area (Å²) in [5.74, 6) is 0.651. The first-order valence-electron chi connectivity index (χ1n) is 13.1. The van der Waals surface area contributed by atoms with E-state index < -0.39 is 0 Å². The molecule has 39 heavy (non-hydrogen) atoms. The Labute approximate surface area is 233 Å². The Morgan fingerprint density at radius 1 is 1.18 bits per heavy atom. The van der Waals surface area contributed by atoms with E-state index in [4.69, 9.17) is 26.3 Å². The molecule has 11 heteroatoms. The van der Waals surface area contributed by atoms with E-state index in [9.17, 15) is 9.59 Å². The van der Waals surface area contributed by atoms with Gasteiger partial charge in [0.05, 0.1) is 29.2 Å². The number of hydrogen-bond donors (Lipinski definition) is 2. The minimum Gasteiger partial charge on any atom is -0.447 e. The van der Waals surface area contributed by atoms with Crippen molar-refractivity contribution in [3.63, 3.8) is 0 Å². The van der Waals surface area contributed by atoms with Gasteiger partial charge in [0.15, 0.2) is 0 Å². The fraction of sp³-hybridized carbons (Fsp3) is 0.357. The number of piperidine rings is 1. The lowest BCUT2D eigenvalue weighted by Crippen LogP contribution is -2.45. The van der Waals surface area contributed by atoms with Crippen molar-refractivity contribution < 1.29 is 9.53 Å². The van der Waals surface area contributed by atoms with E-state index in [0.717, 1.165) is 53.4 Å². The summed E-state index contributed by atoms with van der Waals surface area (Å²) in [6, 6.07) is 11.7. The van der Waals surface area contributed by atoms with Gasteiger partial charge in [-0.25, -0.2) is 14.8 Å². The highest BCUT2D eigenvalue weighted by Gasteiger charge is 2.38. The normalized spacial score (nSPS) is 20.3. The summed E-state index contributed by atoms with van der Waals surface area (Å²) in [5.41, 5.74) is 4.45. The number of amides is 1. The molecule has 0 saturated carbocycles. The van der Waals surface area contributed by atoms with Gasteiger partial charge in [0, 0.05) is 46.8 Å². The van der Waals surface area contributed by atoms with Gasteiger partial charge in [0.25, 0.3) is 5.56 Å². The van der Waals surface area contributed by atoms with E-state index >= 15 is 0 Å². The number of aryl methyl sites for hydroxylation is 1. The number of benzene rings is 2. The Morgan fingerprint density at radius 3 is 2.85 bits per heavy atom. The fourth-order valence-corrected chi connectivity index (χ4v) is 6.96. The number of rotatable bonds is 5. The number of aromatic nitrogens is 3. The Hall–Kier alpha value is -3.47. The van der Waals surface area contributed by atoms with Crippen LogP contribution in [0.1, 0.15) is 34.8 Å². The minimum absolute atomic E-state index is 0.0725. The van der Waals surface area contributed by atoms with E-state index in [1.807, 2.05) is 48.2 Å². The van der Waals surface area contributed by atoms with Crippen molar-refractivity contribution in [1.82, 2.24) is 24.8 Å². The van der Waals surface area contributed by atoms with E-state index in [1.165, 1.54) is 4.88 Å². The summed E-state index contributed by atoms with van der Waals surface area (Å²) < 4.78 is 6.97. The molecule has 2 aromatic heterocycles. The monoisotopic (exact) mass is 562 g/mol. The first-order chi connectivity index (χ1) is 18.9. The number of carbonyl (C=O) groups is 1. The average Bonchev–Trinajstić information content (AvgIpc) is 3.63. The third kappa shape index (κ3) is 4.46. The Balaban J connectivity index is 1.30. The third-order valence-electron chi connectivity index (χ3n) is 7.83. The summed E-state index contributed by atoms with van der Waals surface area (Å²) in [7, 11) is 0. The molecule has 0 unspecified atom stereocenters. The number of nitrogens with zero attached hydrogens (tertiary/aromatic N) is 4. The van der Waals surface area contributed by atoms with Crippen LogP contribution in [0.15, 0.2) is 41.2 Å². The quantitative estimate of drug-likeness (QED) is 0.368. The van der Waals surface area contributed by atoms with Crippen LogP contribution in [-0.2, 0) is 24.4 Å². The predicted octanol–water partition coefficient (Wildman–Crippen LogP) is 4.53. The van der Waals surface area contributed by atoms with Crippen molar-refractivity contribution in [3.05, 3.63) is 73.7 Å². The largest absolute Gasteiger partial charge is 0.447 e. The van der Waals surface area contributed by atoms with Gasteiger partial charge in [0.2, 0.25) is 0 Å². The topological polar surface area (TPSA) is 101 Å². The number of halogens is 1. The fourth-order valence-electron chi connectivity index (χ4n) is 5.75. The van der Waals surface area contributed by atoms with Crippen LogP contribution in [0.25, 0.3) is 21.5 Å². The van der Waals surface area contributed by atoms with Crippen LogP contribution < -0.4 is 16.2 Å². The highest BCUT2D eigenvalue weighted by molar-refractivity contribution is 7.15. The van der Waals surface area contributed by atoms with Crippen LogP contribution in [0, 0.1) is 6.92 Å². The molecule has 0 spiro atoms. The lowest BCUT2D eigenvalue weighted by molar-refractivity contribution is 0.153. The second-order valence-electron chi connectivity index (χ2n) is 10.4. The molecule has 2 N–H and O–H groups in total. The van der Waals surface area contributed by atoms with Crippen LogP contribution in [0.3, 0.4) is 0 Å². The zero-order valence-electron chi connectivity index (χ0n) is 21.4. The van der Waals surface area contributed by atoms with Crippen molar-refractivity contribution in [2.75, 3.05) is 18.5 Å². The molecule has 200 valence electrons. The number of cyclic esters (lactones) is 1. The van der Waals surface area contributed by atoms with E-state index in [1.54, 1.807) is 15.9 Å². The maximum Gasteiger partial charge on any atom is 0.410 e. The number of hydrogen-bond acceptors (Lipinski definition) is 8. The predicted molar refractivity (Wildman–Crippen MR) is 151 cm³/mol. The smallest absolute Gasteiger partial charge is 0.410 e. The molecule has 2 aromatic carbocycles. The van der Waals surface area contributed by atoms with Gasteiger partial charge >= 0.3 is 6.09 Å². The molecule has 2 saturated heterocycles. The molecule has 5 heterocycles. The Morgan fingerprint density at radius 2 is 2.03 bits per heavy atom. The van der Waals surface area contributed by atoms with Gasteiger partial charge in [-0.05, 0) is 49.6 Å². The zero-order valence-corrected chi connectivity index (χ0v) is 22.9. The molecule has 2 fully saturated rings. The Kier molecular flexibility index (Phi) is 6.06. The molecule has 0 bridgehead atoms. The second kappa shape index (κ2) is 9.62. The maximum atomic E-state index is 13.8. The number of ether oxygens (including phenoxy) is 1. The number of nitrogens with one attached hydrogen (secondary N) is 2. The van der Waals surface area contributed by atoms with Crippen LogP contribution in [-0.4, -0.2) is 50.8 Å². The van der Waals surface area contributed by atoms with Gasteiger partial charge in [-0.3, -0.25) is 9.36 Å². The first kappa shape index (κ1) is 24.6. The molecule has 0 aliphatic carbocycles. The molecule has 9 nitrogen and oxygen atoms in total. The number of fused-ring (bicyclic) bond motifs is 3. The Bertz CT molecular complexity index is 1650. The highest BCUT2D eigenvalue weighted by atomic mass is 35.5. The average molecular weight is 563 g/mol. The van der Waals surface area contributed by atoms with Gasteiger partial charge in [-0.15, -0.1) is 11.3 Å². The van der Waals surface area contributed by atoms with Gasteiger partial charge in [-0.2, -0.15) is 0 Å². The van der Waals surface area contributed by atoms with Crippen molar-refractivity contribution in [1.29, 1.82) is 0 Å². The lowest BCUT2D eigenvalue weighted by atomic mass is 9.97. The molecular formula is C28H27ClN6O3S. The van der Waals surface area contributed by atoms with E-state index in [-0.39, 0.29) is 23.7 Å². The van der Waals surface area contributed by atoms with Crippen LogP contribution in [0.2, 0.25) is 5.02 Å². The molecule has 4 aromatic rings. The summed E-state index contributed by atoms with van der Waals surface area (Å²) in [6.45, 7) is 4.94. The number of thiazole rings is 1. The molecule has 1 amide bonds. The van der Waals surface area contributed by atoms with Crippen molar-refractivity contribution in [2.24, 2.45) is 0 Å². The van der Waals surface area contributed by atoms with Crippen molar-refractivity contribution in [3.8, 4) is 10.6 Å². The minimum atomic E-state index is -0.224. The SMILES string of the molecule is Cc1nc2cc(-c3nc4c(s3)CNC4)c(N[C@H]3CCN4C(=O)OC[C@@H]4C3)cc2c(=O)n1Cc1ccc(Cl)cc1. The molecule has 2 atom stereocenters. The van der Waals surface area contributed by atoms with Crippen molar-refractivity contribution in [2.45, 2.75) is 51.5 Å². The molecule has 3 aliphatic rings. The van der Waals surface area contributed by atoms with Gasteiger partial charge < -0.3 is 20.3 Å². The second-order valence-corrected chi connectivity index (χ2v) is 11.9. The number of carbonyl (C=O) groups excluding carboxylic acids is 1. The van der Waals surface area contributed by atoms with E-state index in [0.29, 0.717) is 41.4 Å². The van der Waals surface area contributed by atoms with Crippen LogP contribution in [0.5, 0.6) is 0 Å².